The molecule has 1 saturated heterocycles. The Balaban J connectivity index is 1.55. The summed E-state index contributed by atoms with van der Waals surface area (Å²) < 4.78 is 12.6. The third-order valence-corrected chi connectivity index (χ3v) is 7.81. The summed E-state index contributed by atoms with van der Waals surface area (Å²) in [6.45, 7) is 1.90. The monoisotopic (exact) mass is 699 g/mol. The van der Waals surface area contributed by atoms with Crippen molar-refractivity contribution in [3.63, 3.8) is 0 Å². The van der Waals surface area contributed by atoms with Crippen molar-refractivity contribution in [3.05, 3.63) is 77.8 Å². The van der Waals surface area contributed by atoms with Gasteiger partial charge in [-0.15, -0.1) is 0 Å². The minimum atomic E-state index is -0.978. The van der Waals surface area contributed by atoms with Crippen LogP contribution in [0.2, 0.25) is 0 Å². The smallest absolute Gasteiger partial charge is 0.328 e. The zero-order valence-electron chi connectivity index (χ0n) is 18.2. The van der Waals surface area contributed by atoms with Crippen molar-refractivity contribution >= 4 is 90.9 Å². The van der Waals surface area contributed by atoms with E-state index >= 15 is 0 Å². The minimum absolute atomic E-state index is 0.261. The fraction of sp³-hybridized carbons (Fsp3) is 0.160. The van der Waals surface area contributed by atoms with Gasteiger partial charge in [-0.2, -0.15) is 0 Å². The number of ether oxygens (including phenoxy) is 2. The molecule has 1 fully saturated rings. The van der Waals surface area contributed by atoms with Gasteiger partial charge in [0.05, 0.1) is 19.2 Å². The Hall–Kier alpha value is -2.12. The number of esters is 1. The van der Waals surface area contributed by atoms with Gasteiger partial charge in [-0.3, -0.25) is 14.5 Å². The number of halogens is 2. The second-order valence-corrected chi connectivity index (χ2v) is 10.8. The molecule has 4 rings (SSSR count). The SMILES string of the molecule is COC(=O)[C@@H](C)N1C(=O)S/C(=C/c2cc(I)c(OCc3cccc4ccccc34)c(I)c2)C1=O. The molecule has 0 radical (unpaired) electrons. The molecule has 3 aromatic carbocycles. The van der Waals surface area contributed by atoms with Gasteiger partial charge in [0.25, 0.3) is 11.1 Å². The van der Waals surface area contributed by atoms with Gasteiger partial charge >= 0.3 is 5.97 Å². The molecular formula is C25H19I2NO5S. The van der Waals surface area contributed by atoms with Crippen LogP contribution in [0, 0.1) is 7.14 Å². The molecule has 3 aromatic rings. The number of imide groups is 1. The quantitative estimate of drug-likeness (QED) is 0.173. The standard InChI is InChI=1S/C25H19I2NO5S/c1-14(24(30)32-2)28-23(29)21(34-25(28)31)12-15-10-19(26)22(20(27)11-15)33-13-17-8-5-7-16-6-3-4-9-18(16)17/h3-12,14H,13H2,1-2H3/b21-12+/t14-/m1/s1. The lowest BCUT2D eigenvalue weighted by Crippen LogP contribution is -2.42. The first-order valence-electron chi connectivity index (χ1n) is 10.2. The Morgan fingerprint density at radius 3 is 2.47 bits per heavy atom. The summed E-state index contributed by atoms with van der Waals surface area (Å²) in [6.07, 6.45) is 1.66. The maximum Gasteiger partial charge on any atom is 0.328 e. The van der Waals surface area contributed by atoms with Crippen molar-refractivity contribution in [1.29, 1.82) is 0 Å². The minimum Gasteiger partial charge on any atom is -0.487 e. The number of carbonyl (C=O) groups is 3. The van der Waals surface area contributed by atoms with Crippen LogP contribution in [-0.4, -0.2) is 35.2 Å². The van der Waals surface area contributed by atoms with Gasteiger partial charge in [0.15, 0.2) is 0 Å². The zero-order chi connectivity index (χ0) is 24.4. The lowest BCUT2D eigenvalue weighted by molar-refractivity contribution is -0.148. The Bertz CT molecular complexity index is 1310. The van der Waals surface area contributed by atoms with E-state index in [9.17, 15) is 14.4 Å². The lowest BCUT2D eigenvalue weighted by atomic mass is 10.1. The van der Waals surface area contributed by atoms with E-state index in [4.69, 9.17) is 4.74 Å². The Labute approximate surface area is 228 Å². The molecule has 0 aromatic heterocycles. The van der Waals surface area contributed by atoms with E-state index < -0.39 is 23.2 Å². The first-order chi connectivity index (χ1) is 16.3. The van der Waals surface area contributed by atoms with Gasteiger partial charge in [0, 0.05) is 0 Å². The molecule has 174 valence electrons. The van der Waals surface area contributed by atoms with Gasteiger partial charge in [-0.25, -0.2) is 4.79 Å². The molecule has 6 nitrogen and oxygen atoms in total. The number of carbonyl (C=O) groups excluding carboxylic acids is 3. The number of methoxy groups -OCH3 is 1. The van der Waals surface area contributed by atoms with Crippen LogP contribution in [0.4, 0.5) is 4.79 Å². The molecule has 1 heterocycles. The van der Waals surface area contributed by atoms with E-state index in [0.717, 1.165) is 46.1 Å². The summed E-state index contributed by atoms with van der Waals surface area (Å²) >= 11 is 5.23. The fourth-order valence-electron chi connectivity index (χ4n) is 3.61. The number of rotatable bonds is 6. The molecule has 0 bridgehead atoms. The second kappa shape index (κ2) is 10.6. The number of thioether (sulfide) groups is 1. The van der Waals surface area contributed by atoms with E-state index in [1.165, 1.54) is 19.4 Å². The average Bonchev–Trinajstić information content (AvgIpc) is 3.10. The molecule has 0 saturated carbocycles. The molecule has 1 atom stereocenters. The predicted molar refractivity (Wildman–Crippen MR) is 149 cm³/mol. The van der Waals surface area contributed by atoms with Crippen molar-refractivity contribution in [2.75, 3.05) is 7.11 Å². The molecule has 34 heavy (non-hydrogen) atoms. The van der Waals surface area contributed by atoms with Crippen LogP contribution in [0.1, 0.15) is 18.1 Å². The number of nitrogens with zero attached hydrogens (tertiary/aromatic N) is 1. The first kappa shape index (κ1) is 25.0. The number of amides is 2. The van der Waals surface area contributed by atoms with Crippen molar-refractivity contribution in [2.24, 2.45) is 0 Å². The van der Waals surface area contributed by atoms with Crippen LogP contribution in [0.3, 0.4) is 0 Å². The van der Waals surface area contributed by atoms with Gasteiger partial charge in [-0.1, -0.05) is 42.5 Å². The summed E-state index contributed by atoms with van der Waals surface area (Å²) in [5.41, 5.74) is 1.87. The van der Waals surface area contributed by atoms with Crippen LogP contribution in [0.5, 0.6) is 5.75 Å². The predicted octanol–water partition coefficient (Wildman–Crippen LogP) is 6.23. The molecule has 0 aliphatic carbocycles. The summed E-state index contributed by atoms with van der Waals surface area (Å²) in [5, 5.41) is 1.83. The Morgan fingerprint density at radius 1 is 1.09 bits per heavy atom. The van der Waals surface area contributed by atoms with Crippen LogP contribution >= 0.6 is 56.9 Å². The van der Waals surface area contributed by atoms with Gasteiger partial charge in [0.1, 0.15) is 18.4 Å². The number of hydrogen-bond acceptors (Lipinski definition) is 6. The Morgan fingerprint density at radius 2 is 1.76 bits per heavy atom. The molecular weight excluding hydrogens is 680 g/mol. The van der Waals surface area contributed by atoms with Crippen LogP contribution in [0.15, 0.2) is 59.5 Å². The van der Waals surface area contributed by atoms with Crippen molar-refractivity contribution in [3.8, 4) is 5.75 Å². The normalized spacial score (nSPS) is 15.8. The largest absolute Gasteiger partial charge is 0.487 e. The van der Waals surface area contributed by atoms with E-state index in [1.807, 2.05) is 30.3 Å². The van der Waals surface area contributed by atoms with Crippen LogP contribution in [0.25, 0.3) is 16.8 Å². The average molecular weight is 699 g/mol. The third kappa shape index (κ3) is 5.10. The zero-order valence-corrected chi connectivity index (χ0v) is 23.3. The molecule has 0 spiro atoms. The summed E-state index contributed by atoms with van der Waals surface area (Å²) in [4.78, 5) is 38.1. The number of hydrogen-bond donors (Lipinski definition) is 0. The number of benzene rings is 3. The summed E-state index contributed by atoms with van der Waals surface area (Å²) in [7, 11) is 1.22. The lowest BCUT2D eigenvalue weighted by Gasteiger charge is -2.18. The Kier molecular flexibility index (Phi) is 7.83. The number of fused-ring (bicyclic) bond motifs is 1. The van der Waals surface area contributed by atoms with E-state index in [-0.39, 0.29) is 4.91 Å². The first-order valence-corrected chi connectivity index (χ1v) is 13.2. The van der Waals surface area contributed by atoms with Gasteiger partial charge < -0.3 is 9.47 Å². The van der Waals surface area contributed by atoms with Crippen molar-refractivity contribution in [1.82, 2.24) is 4.90 Å². The molecule has 1 aliphatic heterocycles. The van der Waals surface area contributed by atoms with Gasteiger partial charge in [0.2, 0.25) is 0 Å². The highest BCUT2D eigenvalue weighted by atomic mass is 127. The maximum atomic E-state index is 12.8. The highest BCUT2D eigenvalue weighted by Gasteiger charge is 2.41. The topological polar surface area (TPSA) is 72.9 Å². The molecule has 9 heteroatoms. The summed E-state index contributed by atoms with van der Waals surface area (Å²) in [5.74, 6) is -0.381. The highest BCUT2D eigenvalue weighted by molar-refractivity contribution is 14.1. The maximum absolute atomic E-state index is 12.8. The second-order valence-electron chi connectivity index (χ2n) is 7.49. The van der Waals surface area contributed by atoms with Crippen molar-refractivity contribution < 1.29 is 23.9 Å². The third-order valence-electron chi connectivity index (χ3n) is 5.32. The summed E-state index contributed by atoms with van der Waals surface area (Å²) in [6, 6.07) is 17.2. The van der Waals surface area contributed by atoms with Gasteiger partial charge in [-0.05, 0) is 104 Å². The van der Waals surface area contributed by atoms with Crippen LogP contribution < -0.4 is 4.74 Å². The fourth-order valence-corrected chi connectivity index (χ4v) is 6.65. The molecule has 0 N–H and O–H groups in total. The van der Waals surface area contributed by atoms with Crippen molar-refractivity contribution in [2.45, 2.75) is 19.6 Å². The molecule has 0 unspecified atom stereocenters. The van der Waals surface area contributed by atoms with Crippen LogP contribution in [-0.2, 0) is 20.9 Å². The van der Waals surface area contributed by atoms with E-state index in [0.29, 0.717) is 6.61 Å². The highest BCUT2D eigenvalue weighted by Crippen LogP contribution is 2.36. The van der Waals surface area contributed by atoms with E-state index in [2.05, 4.69) is 74.2 Å². The van der Waals surface area contributed by atoms with E-state index in [1.54, 1.807) is 6.08 Å². The molecule has 2 amide bonds. The molecule has 1 aliphatic rings.